The molecule has 0 unspecified atom stereocenters. The normalized spacial score (nSPS) is 14.5. The Hall–Kier alpha value is -3.87. The van der Waals surface area contributed by atoms with E-state index in [1.165, 1.54) is 0 Å². The number of carbonyl (C=O) groups excluding carboxylic acids is 1. The van der Waals surface area contributed by atoms with Gasteiger partial charge in [0.05, 0.1) is 29.3 Å². The van der Waals surface area contributed by atoms with Crippen LogP contribution >= 0.6 is 0 Å². The average Bonchev–Trinajstić information content (AvgIpc) is 3.41. The van der Waals surface area contributed by atoms with E-state index in [4.69, 9.17) is 15.1 Å². The van der Waals surface area contributed by atoms with Crippen LogP contribution in [-0.2, 0) is 10.2 Å². The van der Waals surface area contributed by atoms with Gasteiger partial charge in [0.25, 0.3) is 0 Å². The van der Waals surface area contributed by atoms with Crippen LogP contribution in [0.2, 0.25) is 0 Å². The molecule has 0 atom stereocenters. The molecule has 0 bridgehead atoms. The van der Waals surface area contributed by atoms with Gasteiger partial charge in [0.15, 0.2) is 11.6 Å². The van der Waals surface area contributed by atoms with E-state index in [1.54, 1.807) is 36.9 Å². The highest BCUT2D eigenvalue weighted by atomic mass is 16.3. The van der Waals surface area contributed by atoms with Gasteiger partial charge in [0.2, 0.25) is 5.91 Å². The van der Waals surface area contributed by atoms with Crippen LogP contribution in [-0.4, -0.2) is 25.8 Å². The van der Waals surface area contributed by atoms with Gasteiger partial charge in [-0.15, -0.1) is 0 Å². The third kappa shape index (κ3) is 2.97. The fourth-order valence-corrected chi connectivity index (χ4v) is 3.36. The van der Waals surface area contributed by atoms with Crippen molar-refractivity contribution in [3.05, 3.63) is 72.9 Å². The molecule has 1 amide bonds. The van der Waals surface area contributed by atoms with Crippen LogP contribution in [0.1, 0.15) is 18.5 Å². The highest BCUT2D eigenvalue weighted by Gasteiger charge is 2.52. The SMILES string of the molecule is NC(=O)C1(c2cnc(-c3ccnc(-c4ccccc4)n3)c(-c3ccco3)n2)CC1. The lowest BCUT2D eigenvalue weighted by molar-refractivity contribution is -0.120. The predicted molar refractivity (Wildman–Crippen MR) is 106 cm³/mol. The van der Waals surface area contributed by atoms with Crippen LogP contribution in [0.15, 0.2) is 71.6 Å². The second-order valence-corrected chi connectivity index (χ2v) is 7.01. The molecule has 0 saturated heterocycles. The van der Waals surface area contributed by atoms with Crippen molar-refractivity contribution in [2.75, 3.05) is 0 Å². The average molecular weight is 383 g/mol. The zero-order valence-corrected chi connectivity index (χ0v) is 15.4. The van der Waals surface area contributed by atoms with Crippen LogP contribution in [0.3, 0.4) is 0 Å². The second kappa shape index (κ2) is 6.63. The molecule has 3 heterocycles. The first-order valence-corrected chi connectivity index (χ1v) is 9.27. The van der Waals surface area contributed by atoms with E-state index in [0.717, 1.165) is 5.56 Å². The number of nitrogens with two attached hydrogens (primary N) is 1. The van der Waals surface area contributed by atoms with Crippen molar-refractivity contribution in [2.45, 2.75) is 18.3 Å². The molecule has 1 aromatic carbocycles. The third-order valence-electron chi connectivity index (χ3n) is 5.17. The van der Waals surface area contributed by atoms with Crippen LogP contribution in [0.25, 0.3) is 34.2 Å². The third-order valence-corrected chi connectivity index (χ3v) is 5.17. The molecule has 1 aliphatic rings. The van der Waals surface area contributed by atoms with Gasteiger partial charge >= 0.3 is 0 Å². The number of carbonyl (C=O) groups is 1. The maximum absolute atomic E-state index is 11.9. The molecule has 0 radical (unpaired) electrons. The lowest BCUT2D eigenvalue weighted by Crippen LogP contribution is -2.29. The minimum atomic E-state index is -0.728. The Kier molecular flexibility index (Phi) is 3.94. The Morgan fingerprint density at radius 2 is 1.79 bits per heavy atom. The Morgan fingerprint density at radius 3 is 2.48 bits per heavy atom. The molecule has 5 rings (SSSR count). The standard InChI is InChI=1S/C22H17N5O2/c23-21(28)22(9-10-22)17-13-25-18(19(27-17)16-7-4-12-29-16)15-8-11-24-20(26-15)14-5-2-1-3-6-14/h1-8,11-13H,9-10H2,(H2,23,28). The van der Waals surface area contributed by atoms with Gasteiger partial charge in [0, 0.05) is 11.8 Å². The van der Waals surface area contributed by atoms with Crippen LogP contribution in [0.4, 0.5) is 0 Å². The van der Waals surface area contributed by atoms with E-state index in [9.17, 15) is 4.79 Å². The zero-order valence-electron chi connectivity index (χ0n) is 15.4. The summed E-state index contributed by atoms with van der Waals surface area (Å²) in [6, 6.07) is 15.1. The van der Waals surface area contributed by atoms with E-state index in [-0.39, 0.29) is 5.91 Å². The lowest BCUT2D eigenvalue weighted by atomic mass is 10.0. The summed E-state index contributed by atoms with van der Waals surface area (Å²) in [5.74, 6) is 0.767. The van der Waals surface area contributed by atoms with Gasteiger partial charge in [-0.1, -0.05) is 30.3 Å². The molecule has 3 aromatic heterocycles. The fourth-order valence-electron chi connectivity index (χ4n) is 3.36. The topological polar surface area (TPSA) is 108 Å². The number of primary amides is 1. The highest BCUT2D eigenvalue weighted by molar-refractivity contribution is 5.89. The first kappa shape index (κ1) is 17.2. The summed E-state index contributed by atoms with van der Waals surface area (Å²) in [6.45, 7) is 0. The summed E-state index contributed by atoms with van der Waals surface area (Å²) in [6.07, 6.45) is 6.24. The highest BCUT2D eigenvalue weighted by Crippen LogP contribution is 2.47. The quantitative estimate of drug-likeness (QED) is 0.566. The second-order valence-electron chi connectivity index (χ2n) is 7.01. The molecule has 4 aromatic rings. The largest absolute Gasteiger partial charge is 0.463 e. The summed E-state index contributed by atoms with van der Waals surface area (Å²) in [7, 11) is 0. The molecule has 7 heteroatoms. The van der Waals surface area contributed by atoms with E-state index in [1.807, 2.05) is 30.3 Å². The molecule has 29 heavy (non-hydrogen) atoms. The van der Waals surface area contributed by atoms with E-state index >= 15 is 0 Å². The Labute approximate surface area is 166 Å². The molecule has 2 N–H and O–H groups in total. The van der Waals surface area contributed by atoms with Gasteiger partial charge in [-0.2, -0.15) is 0 Å². The molecule has 142 valence electrons. The number of amides is 1. The number of furan rings is 1. The van der Waals surface area contributed by atoms with E-state index in [2.05, 4.69) is 15.0 Å². The van der Waals surface area contributed by atoms with E-state index in [0.29, 0.717) is 47.2 Å². The lowest BCUT2D eigenvalue weighted by Gasteiger charge is -2.13. The zero-order chi connectivity index (χ0) is 19.8. The summed E-state index contributed by atoms with van der Waals surface area (Å²) in [4.78, 5) is 30.3. The molecule has 7 nitrogen and oxygen atoms in total. The number of hydrogen-bond donors (Lipinski definition) is 1. The summed E-state index contributed by atoms with van der Waals surface area (Å²) < 4.78 is 5.58. The van der Waals surface area contributed by atoms with Crippen molar-refractivity contribution >= 4 is 5.91 Å². The maximum Gasteiger partial charge on any atom is 0.229 e. The van der Waals surface area contributed by atoms with Crippen molar-refractivity contribution in [3.8, 4) is 34.2 Å². The molecule has 1 aliphatic carbocycles. The Bertz CT molecular complexity index is 1190. The van der Waals surface area contributed by atoms with Crippen LogP contribution < -0.4 is 5.73 Å². The monoisotopic (exact) mass is 383 g/mol. The number of nitrogens with zero attached hydrogens (tertiary/aromatic N) is 4. The minimum Gasteiger partial charge on any atom is -0.463 e. The van der Waals surface area contributed by atoms with E-state index < -0.39 is 5.41 Å². The molecular formula is C22H17N5O2. The van der Waals surface area contributed by atoms with Gasteiger partial charge in [-0.05, 0) is 31.0 Å². The van der Waals surface area contributed by atoms with Gasteiger partial charge in [-0.25, -0.2) is 15.0 Å². The molecule has 1 fully saturated rings. The first-order valence-electron chi connectivity index (χ1n) is 9.27. The number of rotatable bonds is 5. The molecule has 0 aliphatic heterocycles. The van der Waals surface area contributed by atoms with Gasteiger partial charge < -0.3 is 10.2 Å². The predicted octanol–water partition coefficient (Wildman–Crippen LogP) is 3.38. The smallest absolute Gasteiger partial charge is 0.229 e. The molecule has 1 saturated carbocycles. The van der Waals surface area contributed by atoms with Crippen molar-refractivity contribution in [3.63, 3.8) is 0 Å². The van der Waals surface area contributed by atoms with Gasteiger partial charge in [-0.3, -0.25) is 9.78 Å². The van der Waals surface area contributed by atoms with Crippen LogP contribution in [0, 0.1) is 0 Å². The summed E-state index contributed by atoms with van der Waals surface area (Å²) >= 11 is 0. The van der Waals surface area contributed by atoms with Gasteiger partial charge in [0.1, 0.15) is 11.4 Å². The molecular weight excluding hydrogens is 366 g/mol. The minimum absolute atomic E-state index is 0.377. The summed E-state index contributed by atoms with van der Waals surface area (Å²) in [5.41, 5.74) is 8.06. The van der Waals surface area contributed by atoms with Crippen molar-refractivity contribution in [1.29, 1.82) is 0 Å². The van der Waals surface area contributed by atoms with Crippen molar-refractivity contribution in [1.82, 2.24) is 19.9 Å². The maximum atomic E-state index is 11.9. The number of hydrogen-bond acceptors (Lipinski definition) is 6. The number of aromatic nitrogens is 4. The number of benzene rings is 1. The van der Waals surface area contributed by atoms with Crippen molar-refractivity contribution < 1.29 is 9.21 Å². The van der Waals surface area contributed by atoms with Crippen LogP contribution in [0.5, 0.6) is 0 Å². The molecule has 0 spiro atoms. The fraction of sp³-hybridized carbons (Fsp3) is 0.136. The summed E-state index contributed by atoms with van der Waals surface area (Å²) in [5, 5.41) is 0. The first-order chi connectivity index (χ1) is 14.2. The van der Waals surface area contributed by atoms with Crippen molar-refractivity contribution in [2.24, 2.45) is 5.73 Å². The Balaban J connectivity index is 1.65. The Morgan fingerprint density at radius 1 is 0.966 bits per heavy atom.